The average molecular weight is 405 g/mol. The molecule has 0 bridgehead atoms. The van der Waals surface area contributed by atoms with E-state index in [0.717, 1.165) is 6.61 Å². The molecule has 2 fully saturated rings. The molecule has 0 unspecified atom stereocenters. The van der Waals surface area contributed by atoms with Gasteiger partial charge in [-0.2, -0.15) is 0 Å². The van der Waals surface area contributed by atoms with Gasteiger partial charge in [0.15, 0.2) is 7.35 Å². The van der Waals surface area contributed by atoms with Crippen molar-refractivity contribution in [2.45, 2.75) is 45.8 Å². The third kappa shape index (κ3) is 7.49. The van der Waals surface area contributed by atoms with E-state index in [0.29, 0.717) is 0 Å². The first-order valence-electron chi connectivity index (χ1n) is 8.09. The van der Waals surface area contributed by atoms with Gasteiger partial charge in [-0.1, -0.05) is 45.8 Å². The monoisotopic (exact) mass is 404 g/mol. The van der Waals surface area contributed by atoms with Crippen LogP contribution in [0.25, 0.3) is 0 Å². The first-order chi connectivity index (χ1) is 10.1. The molecule has 10 radical (unpaired) electrons. The van der Waals surface area contributed by atoms with Gasteiger partial charge in [0.2, 0.25) is 0 Å². The van der Waals surface area contributed by atoms with Gasteiger partial charge in [-0.15, -0.1) is 0 Å². The molecule has 0 aromatic carbocycles. The molecule has 2 aliphatic rings. The van der Waals surface area contributed by atoms with Crippen LogP contribution in [0.1, 0.15) is 0 Å². The van der Waals surface area contributed by atoms with Gasteiger partial charge in [0, 0.05) is 29.6 Å². The van der Waals surface area contributed by atoms with Gasteiger partial charge in [-0.25, -0.2) is 0 Å². The van der Waals surface area contributed by atoms with Crippen LogP contribution in [-0.4, -0.2) is 29.1 Å². The van der Waals surface area contributed by atoms with E-state index in [2.05, 4.69) is 71.5 Å². The van der Waals surface area contributed by atoms with Gasteiger partial charge in [-0.3, -0.25) is 0 Å². The van der Waals surface area contributed by atoms with Crippen LogP contribution in [0.2, 0.25) is 45.8 Å². The number of hydrogen-bond acceptors (Lipinski definition) is 1. The van der Waals surface area contributed by atoms with Crippen LogP contribution in [-0.2, 0) is 21.5 Å². The third-order valence-corrected chi connectivity index (χ3v) is 42.7. The fourth-order valence-corrected chi connectivity index (χ4v) is 36.2. The Morgan fingerprint density at radius 1 is 0.652 bits per heavy atom. The average Bonchev–Trinajstić information content (AvgIpc) is 3.08. The second-order valence-corrected chi connectivity index (χ2v) is 35.7. The predicted molar refractivity (Wildman–Crippen MR) is 106 cm³/mol. The van der Waals surface area contributed by atoms with Crippen molar-refractivity contribution in [2.75, 3.05) is 6.61 Å². The summed E-state index contributed by atoms with van der Waals surface area (Å²) >= 11 is 0. The maximum atomic E-state index is 6.57. The number of hydrogen-bond donors (Lipinski definition) is 0. The summed E-state index contributed by atoms with van der Waals surface area (Å²) in [4.78, 5) is 0. The van der Waals surface area contributed by atoms with Crippen LogP contribution in [0, 0.1) is 63.7 Å². The van der Waals surface area contributed by atoms with Crippen LogP contribution >= 0.6 is 0 Å². The Labute approximate surface area is 159 Å². The molecule has 0 saturated heterocycles. The first kappa shape index (κ1) is 24.1. The van der Waals surface area contributed by atoms with E-state index in [4.69, 9.17) is 4.43 Å². The first-order valence-corrected chi connectivity index (χ1v) is 19.5. The molecule has 0 atom stereocenters. The Balaban J connectivity index is 0.000000684. The zero-order chi connectivity index (χ0) is 16.9. The molecule has 0 amide bonds. The Kier molecular flexibility index (Phi) is 10.8. The quantitative estimate of drug-likeness (QED) is 0.596. The minimum atomic E-state index is -1.53. The molecular formula is C18H32FeOSi3. The van der Waals surface area contributed by atoms with Gasteiger partial charge >= 0.3 is 0 Å². The smallest absolute Gasteiger partial charge is 0.165 e. The molecule has 0 aromatic heterocycles. The summed E-state index contributed by atoms with van der Waals surface area (Å²) in [5.74, 6) is 1.33. The van der Waals surface area contributed by atoms with Crippen molar-refractivity contribution in [1.82, 2.24) is 0 Å². The summed E-state index contributed by atoms with van der Waals surface area (Å²) in [6.45, 7) is 18.2. The molecule has 2 rings (SSSR count). The number of rotatable bonds is 5. The summed E-state index contributed by atoms with van der Waals surface area (Å²) in [5.41, 5.74) is 0. The normalized spacial score (nSPS) is 20.0. The Hall–Kier alpha value is 1.13. The van der Waals surface area contributed by atoms with Crippen molar-refractivity contribution in [3.63, 3.8) is 0 Å². The van der Waals surface area contributed by atoms with Gasteiger partial charge in [0.25, 0.3) is 0 Å². The van der Waals surface area contributed by atoms with Crippen LogP contribution in [0.5, 0.6) is 0 Å². The van der Waals surface area contributed by atoms with Crippen molar-refractivity contribution in [3.05, 3.63) is 63.7 Å². The van der Waals surface area contributed by atoms with E-state index < -0.39 is 22.5 Å². The third-order valence-electron chi connectivity index (χ3n) is 4.68. The molecule has 0 spiro atoms. The predicted octanol–water partition coefficient (Wildman–Crippen LogP) is 4.84. The van der Waals surface area contributed by atoms with Gasteiger partial charge < -0.3 is 4.43 Å². The summed E-state index contributed by atoms with van der Waals surface area (Å²) < 4.78 is 6.57. The van der Waals surface area contributed by atoms with Gasteiger partial charge in [-0.05, 0) is 57.8 Å². The molecule has 1 nitrogen and oxygen atoms in total. The molecule has 0 aliphatic heterocycles. The fourth-order valence-electron chi connectivity index (χ4n) is 2.62. The molecule has 2 aliphatic carbocycles. The molecule has 2 saturated carbocycles. The summed E-state index contributed by atoms with van der Waals surface area (Å²) in [6.07, 6.45) is 18.5. The topological polar surface area (TPSA) is 9.23 Å². The van der Waals surface area contributed by atoms with Crippen molar-refractivity contribution < 1.29 is 21.5 Å². The Morgan fingerprint density at radius 2 is 1.00 bits per heavy atom. The second kappa shape index (κ2) is 10.3. The summed E-state index contributed by atoms with van der Waals surface area (Å²) in [6, 6.07) is 0. The molecule has 0 aromatic rings. The van der Waals surface area contributed by atoms with E-state index in [1.807, 2.05) is 32.1 Å². The Morgan fingerprint density at radius 3 is 1.30 bits per heavy atom. The van der Waals surface area contributed by atoms with E-state index >= 15 is 0 Å². The largest absolute Gasteiger partial charge is 0.422 e. The van der Waals surface area contributed by atoms with Crippen molar-refractivity contribution in [3.8, 4) is 0 Å². The van der Waals surface area contributed by atoms with E-state index in [-0.39, 0.29) is 17.1 Å². The molecule has 130 valence electrons. The van der Waals surface area contributed by atoms with Crippen LogP contribution in [0.3, 0.4) is 0 Å². The van der Waals surface area contributed by atoms with Gasteiger partial charge in [0.1, 0.15) is 0 Å². The second-order valence-electron chi connectivity index (χ2n) is 8.08. The van der Waals surface area contributed by atoms with E-state index in [1.54, 1.807) is 0 Å². The minimum Gasteiger partial charge on any atom is -0.422 e. The molecule has 0 heterocycles. The van der Waals surface area contributed by atoms with E-state index in [9.17, 15) is 0 Å². The summed E-state index contributed by atoms with van der Waals surface area (Å²) in [7, 11) is -3.93. The molecule has 23 heavy (non-hydrogen) atoms. The molecule has 0 N–H and O–H groups in total. The van der Waals surface area contributed by atoms with Crippen molar-refractivity contribution in [2.24, 2.45) is 0 Å². The molecule has 5 heteroatoms. The van der Waals surface area contributed by atoms with Crippen LogP contribution in [0.15, 0.2) is 0 Å². The van der Waals surface area contributed by atoms with E-state index in [1.165, 1.54) is 5.92 Å². The standard InChI is InChI=1S/C13H27OSi3.C5H5.Fe/c1-15(2,3)17(7,16(4,5)6)14-12-13-10-8-9-11-13;1-2-4-5-3-1;/h8-11H,12H2,1-7H3;1-5H;. The zero-order valence-electron chi connectivity index (χ0n) is 15.7. The maximum absolute atomic E-state index is 6.57. The maximum Gasteiger partial charge on any atom is 0.165 e. The Bertz CT molecular complexity index is 292. The SMILES string of the molecule is C[Si](C)(C)[Si](C)(OC[C]1[CH][CH][CH][CH]1)[Si](C)(C)C.[CH]1[CH][CH][CH][CH]1.[Fe]. The fraction of sp³-hybridized carbons (Fsp3) is 0.444. The van der Waals surface area contributed by atoms with Gasteiger partial charge in [0.05, 0.1) is 15.2 Å². The van der Waals surface area contributed by atoms with Crippen molar-refractivity contribution >= 4 is 22.5 Å². The van der Waals surface area contributed by atoms with Crippen LogP contribution < -0.4 is 0 Å². The van der Waals surface area contributed by atoms with Crippen molar-refractivity contribution in [1.29, 1.82) is 0 Å². The molecular weight excluding hydrogens is 372 g/mol. The summed E-state index contributed by atoms with van der Waals surface area (Å²) in [5, 5.41) is 0. The zero-order valence-corrected chi connectivity index (χ0v) is 19.8. The minimum absolute atomic E-state index is 0. The van der Waals surface area contributed by atoms with Crippen LogP contribution in [0.4, 0.5) is 0 Å².